The van der Waals surface area contributed by atoms with E-state index in [-0.39, 0.29) is 0 Å². The standard InChI is InChI=1S/C17H16BrN3/c1-11-6-3-4-9-14(11)16-15(17(19)21(2)20-16)12-7-5-8-13(18)10-12/h3-10H,19H2,1-2H3. The molecule has 0 unspecified atom stereocenters. The molecule has 0 aliphatic carbocycles. The maximum Gasteiger partial charge on any atom is 0.129 e. The van der Waals surface area contributed by atoms with Gasteiger partial charge in [0, 0.05) is 17.1 Å². The molecule has 0 saturated carbocycles. The van der Waals surface area contributed by atoms with Gasteiger partial charge in [-0.3, -0.25) is 4.68 Å². The lowest BCUT2D eigenvalue weighted by molar-refractivity contribution is 0.782. The van der Waals surface area contributed by atoms with Crippen LogP contribution in [-0.4, -0.2) is 9.78 Å². The number of nitrogens with two attached hydrogens (primary N) is 1. The quantitative estimate of drug-likeness (QED) is 0.750. The number of hydrogen-bond donors (Lipinski definition) is 1. The van der Waals surface area contributed by atoms with Gasteiger partial charge in [-0.2, -0.15) is 5.10 Å². The fraction of sp³-hybridized carbons (Fsp3) is 0.118. The Balaban J connectivity index is 2.29. The van der Waals surface area contributed by atoms with Gasteiger partial charge in [-0.05, 0) is 30.2 Å². The van der Waals surface area contributed by atoms with Gasteiger partial charge in [0.25, 0.3) is 0 Å². The summed E-state index contributed by atoms with van der Waals surface area (Å²) >= 11 is 3.52. The van der Waals surface area contributed by atoms with Crippen LogP contribution in [0, 0.1) is 6.92 Å². The van der Waals surface area contributed by atoms with Gasteiger partial charge in [-0.25, -0.2) is 0 Å². The van der Waals surface area contributed by atoms with Gasteiger partial charge in [-0.1, -0.05) is 52.3 Å². The second kappa shape index (κ2) is 5.37. The van der Waals surface area contributed by atoms with E-state index in [1.54, 1.807) is 4.68 Å². The molecule has 2 N–H and O–H groups in total. The van der Waals surface area contributed by atoms with Crippen LogP contribution in [0.4, 0.5) is 5.82 Å². The number of aryl methyl sites for hydroxylation is 2. The van der Waals surface area contributed by atoms with Crippen molar-refractivity contribution in [1.82, 2.24) is 9.78 Å². The molecule has 4 heteroatoms. The number of anilines is 1. The third kappa shape index (κ3) is 2.47. The van der Waals surface area contributed by atoms with Crippen molar-refractivity contribution in [3.8, 4) is 22.4 Å². The molecular weight excluding hydrogens is 326 g/mol. The average molecular weight is 342 g/mol. The minimum absolute atomic E-state index is 0.673. The van der Waals surface area contributed by atoms with Crippen molar-refractivity contribution in [3.63, 3.8) is 0 Å². The number of aromatic nitrogens is 2. The first kappa shape index (κ1) is 13.9. The molecule has 1 heterocycles. The predicted molar refractivity (Wildman–Crippen MR) is 90.9 cm³/mol. The molecule has 0 bridgehead atoms. The number of nitrogen functional groups attached to an aromatic ring is 1. The summed E-state index contributed by atoms with van der Waals surface area (Å²) in [6.45, 7) is 2.09. The van der Waals surface area contributed by atoms with E-state index < -0.39 is 0 Å². The van der Waals surface area contributed by atoms with Gasteiger partial charge in [0.05, 0.1) is 5.56 Å². The summed E-state index contributed by atoms with van der Waals surface area (Å²) in [5, 5.41) is 4.62. The lowest BCUT2D eigenvalue weighted by atomic mass is 9.98. The molecule has 0 atom stereocenters. The van der Waals surface area contributed by atoms with Crippen LogP contribution in [0.5, 0.6) is 0 Å². The summed E-state index contributed by atoms with van der Waals surface area (Å²) in [5.74, 6) is 0.673. The zero-order valence-corrected chi connectivity index (χ0v) is 13.6. The molecule has 3 rings (SSSR count). The first-order valence-electron chi connectivity index (χ1n) is 6.72. The molecular formula is C17H16BrN3. The summed E-state index contributed by atoms with van der Waals surface area (Å²) in [6.07, 6.45) is 0. The molecule has 0 aliphatic rings. The van der Waals surface area contributed by atoms with E-state index in [1.807, 2.05) is 31.3 Å². The summed E-state index contributed by atoms with van der Waals surface area (Å²) < 4.78 is 2.76. The molecule has 0 saturated heterocycles. The van der Waals surface area contributed by atoms with Crippen molar-refractivity contribution < 1.29 is 0 Å². The zero-order valence-electron chi connectivity index (χ0n) is 12.0. The van der Waals surface area contributed by atoms with E-state index in [2.05, 4.69) is 52.2 Å². The number of halogens is 1. The van der Waals surface area contributed by atoms with Crippen LogP contribution in [0.1, 0.15) is 5.56 Å². The third-order valence-electron chi connectivity index (χ3n) is 3.61. The topological polar surface area (TPSA) is 43.8 Å². The Kier molecular flexibility index (Phi) is 3.55. The summed E-state index contributed by atoms with van der Waals surface area (Å²) in [4.78, 5) is 0. The summed E-state index contributed by atoms with van der Waals surface area (Å²) in [6, 6.07) is 16.4. The Labute approximate surface area is 132 Å². The van der Waals surface area contributed by atoms with Crippen LogP contribution in [0.2, 0.25) is 0 Å². The number of benzene rings is 2. The van der Waals surface area contributed by atoms with Gasteiger partial charge in [0.2, 0.25) is 0 Å². The van der Waals surface area contributed by atoms with Gasteiger partial charge >= 0.3 is 0 Å². The lowest BCUT2D eigenvalue weighted by Crippen LogP contribution is -1.97. The van der Waals surface area contributed by atoms with E-state index >= 15 is 0 Å². The van der Waals surface area contributed by atoms with Gasteiger partial charge in [-0.15, -0.1) is 0 Å². The van der Waals surface area contributed by atoms with Gasteiger partial charge < -0.3 is 5.73 Å². The molecule has 0 aliphatic heterocycles. The summed E-state index contributed by atoms with van der Waals surface area (Å²) in [7, 11) is 1.87. The monoisotopic (exact) mass is 341 g/mol. The first-order chi connectivity index (χ1) is 10.1. The maximum atomic E-state index is 6.26. The molecule has 0 amide bonds. The Morgan fingerprint density at radius 2 is 1.86 bits per heavy atom. The fourth-order valence-electron chi connectivity index (χ4n) is 2.49. The fourth-order valence-corrected chi connectivity index (χ4v) is 2.89. The molecule has 21 heavy (non-hydrogen) atoms. The van der Waals surface area contributed by atoms with Crippen LogP contribution >= 0.6 is 15.9 Å². The average Bonchev–Trinajstić information content (AvgIpc) is 2.75. The maximum absolute atomic E-state index is 6.26. The van der Waals surface area contributed by atoms with Crippen molar-refractivity contribution in [2.75, 3.05) is 5.73 Å². The van der Waals surface area contributed by atoms with Crippen LogP contribution < -0.4 is 5.73 Å². The second-order valence-electron chi connectivity index (χ2n) is 5.06. The van der Waals surface area contributed by atoms with Gasteiger partial charge in [0.1, 0.15) is 11.5 Å². The van der Waals surface area contributed by atoms with E-state index in [0.29, 0.717) is 5.82 Å². The lowest BCUT2D eigenvalue weighted by Gasteiger charge is -2.07. The van der Waals surface area contributed by atoms with Crippen molar-refractivity contribution >= 4 is 21.7 Å². The molecule has 0 spiro atoms. The largest absolute Gasteiger partial charge is 0.383 e. The smallest absolute Gasteiger partial charge is 0.129 e. The van der Waals surface area contributed by atoms with E-state index in [4.69, 9.17) is 5.73 Å². The highest BCUT2D eigenvalue weighted by atomic mass is 79.9. The molecule has 3 nitrogen and oxygen atoms in total. The van der Waals surface area contributed by atoms with Crippen LogP contribution in [0.15, 0.2) is 53.0 Å². The summed E-state index contributed by atoms with van der Waals surface area (Å²) in [5.41, 5.74) is 11.5. The van der Waals surface area contributed by atoms with Crippen molar-refractivity contribution in [2.45, 2.75) is 6.92 Å². The Morgan fingerprint density at radius 1 is 1.10 bits per heavy atom. The molecule has 106 valence electrons. The number of nitrogens with zero attached hydrogens (tertiary/aromatic N) is 2. The van der Waals surface area contributed by atoms with Crippen molar-refractivity contribution in [1.29, 1.82) is 0 Å². The van der Waals surface area contributed by atoms with Crippen LogP contribution in [-0.2, 0) is 7.05 Å². The molecule has 0 fully saturated rings. The minimum atomic E-state index is 0.673. The highest BCUT2D eigenvalue weighted by Crippen LogP contribution is 2.37. The Morgan fingerprint density at radius 3 is 2.57 bits per heavy atom. The minimum Gasteiger partial charge on any atom is -0.383 e. The van der Waals surface area contributed by atoms with E-state index in [0.717, 1.165) is 26.9 Å². The third-order valence-corrected chi connectivity index (χ3v) is 4.10. The first-order valence-corrected chi connectivity index (χ1v) is 7.51. The van der Waals surface area contributed by atoms with Crippen molar-refractivity contribution in [3.05, 3.63) is 58.6 Å². The molecule has 3 aromatic rings. The highest BCUT2D eigenvalue weighted by molar-refractivity contribution is 9.10. The Bertz CT molecular complexity index is 806. The number of hydrogen-bond acceptors (Lipinski definition) is 2. The highest BCUT2D eigenvalue weighted by Gasteiger charge is 2.18. The number of rotatable bonds is 2. The second-order valence-corrected chi connectivity index (χ2v) is 5.97. The molecule has 1 aromatic heterocycles. The van der Waals surface area contributed by atoms with Crippen LogP contribution in [0.25, 0.3) is 22.4 Å². The van der Waals surface area contributed by atoms with Gasteiger partial charge in [0.15, 0.2) is 0 Å². The van der Waals surface area contributed by atoms with Crippen LogP contribution in [0.3, 0.4) is 0 Å². The predicted octanol–water partition coefficient (Wildman–Crippen LogP) is 4.41. The van der Waals surface area contributed by atoms with E-state index in [9.17, 15) is 0 Å². The zero-order chi connectivity index (χ0) is 15.0. The Hall–Kier alpha value is -2.07. The SMILES string of the molecule is Cc1ccccc1-c1nn(C)c(N)c1-c1cccc(Br)c1. The molecule has 0 radical (unpaired) electrons. The van der Waals surface area contributed by atoms with E-state index in [1.165, 1.54) is 5.56 Å². The molecule has 2 aromatic carbocycles. The van der Waals surface area contributed by atoms with Crippen molar-refractivity contribution in [2.24, 2.45) is 7.05 Å². The normalized spacial score (nSPS) is 10.8.